The number of halogens is 2. The molecule has 164 valence electrons. The number of hydrogen-bond donors (Lipinski definition) is 2. The fourth-order valence-electron chi connectivity index (χ4n) is 3.74. The third-order valence-electron chi connectivity index (χ3n) is 5.18. The number of nitrogens with one attached hydrogen (secondary N) is 1. The zero-order valence-corrected chi connectivity index (χ0v) is 18.8. The van der Waals surface area contributed by atoms with E-state index < -0.39 is 5.92 Å². The third kappa shape index (κ3) is 3.36. The molecule has 1 atom stereocenters. The Hall–Kier alpha value is -3.54. The van der Waals surface area contributed by atoms with E-state index in [9.17, 15) is 5.26 Å². The molecule has 32 heavy (non-hydrogen) atoms. The second-order valence-corrected chi connectivity index (χ2v) is 7.58. The van der Waals surface area contributed by atoms with Crippen LogP contribution in [0.25, 0.3) is 11.3 Å². The number of aromatic amines is 1. The quantitative estimate of drug-likeness (QED) is 0.555. The average Bonchev–Trinajstić information content (AvgIpc) is 3.22. The van der Waals surface area contributed by atoms with Crippen molar-refractivity contribution in [1.82, 2.24) is 10.2 Å². The minimum absolute atomic E-state index is 0.0519. The molecule has 3 aromatic rings. The van der Waals surface area contributed by atoms with Gasteiger partial charge in [-0.05, 0) is 23.8 Å². The Morgan fingerprint density at radius 2 is 1.81 bits per heavy atom. The largest absolute Gasteiger partial charge is 0.493 e. The van der Waals surface area contributed by atoms with Crippen LogP contribution in [0.3, 0.4) is 0 Å². The van der Waals surface area contributed by atoms with Crippen LogP contribution < -0.4 is 24.7 Å². The van der Waals surface area contributed by atoms with Gasteiger partial charge in [0, 0.05) is 5.56 Å². The average molecular weight is 473 g/mol. The molecule has 1 aromatic heterocycles. The molecule has 0 radical (unpaired) electrons. The van der Waals surface area contributed by atoms with Crippen molar-refractivity contribution < 1.29 is 18.9 Å². The lowest BCUT2D eigenvalue weighted by Crippen LogP contribution is -2.21. The predicted molar refractivity (Wildman–Crippen MR) is 119 cm³/mol. The number of benzene rings is 2. The maximum Gasteiger partial charge on any atom is 0.244 e. The molecular formula is C22H18Cl2N4O4. The van der Waals surface area contributed by atoms with Crippen LogP contribution in [-0.4, -0.2) is 31.5 Å². The van der Waals surface area contributed by atoms with E-state index in [1.54, 1.807) is 30.3 Å². The van der Waals surface area contributed by atoms with Crippen LogP contribution in [0.15, 0.2) is 41.8 Å². The number of fused-ring (bicyclic) bond motifs is 1. The van der Waals surface area contributed by atoms with Gasteiger partial charge in [-0.2, -0.15) is 5.26 Å². The van der Waals surface area contributed by atoms with Gasteiger partial charge in [-0.3, -0.25) is 5.10 Å². The van der Waals surface area contributed by atoms with Gasteiger partial charge in [0.25, 0.3) is 0 Å². The van der Waals surface area contributed by atoms with Crippen LogP contribution >= 0.6 is 23.2 Å². The highest BCUT2D eigenvalue weighted by Gasteiger charge is 2.37. The van der Waals surface area contributed by atoms with Gasteiger partial charge >= 0.3 is 0 Å². The second kappa shape index (κ2) is 8.54. The molecule has 0 bridgehead atoms. The summed E-state index contributed by atoms with van der Waals surface area (Å²) in [6.07, 6.45) is 0. The van der Waals surface area contributed by atoms with Gasteiger partial charge in [0.05, 0.1) is 48.5 Å². The predicted octanol–water partition coefficient (Wildman–Crippen LogP) is 4.63. The number of rotatable bonds is 5. The number of ether oxygens (including phenoxy) is 4. The summed E-state index contributed by atoms with van der Waals surface area (Å²) in [4.78, 5) is 0. The highest BCUT2D eigenvalue weighted by molar-refractivity contribution is 6.42. The first kappa shape index (κ1) is 21.7. The molecule has 1 aliphatic heterocycles. The molecule has 0 aliphatic carbocycles. The lowest BCUT2D eigenvalue weighted by molar-refractivity contribution is 0.324. The molecule has 2 heterocycles. The molecule has 3 N–H and O–H groups in total. The molecule has 10 heteroatoms. The van der Waals surface area contributed by atoms with Gasteiger partial charge < -0.3 is 24.7 Å². The van der Waals surface area contributed by atoms with Crippen molar-refractivity contribution in [3.05, 3.63) is 63.0 Å². The number of H-pyrrole nitrogens is 1. The van der Waals surface area contributed by atoms with Crippen molar-refractivity contribution in [3.8, 4) is 40.5 Å². The Morgan fingerprint density at radius 1 is 1.12 bits per heavy atom. The van der Waals surface area contributed by atoms with E-state index in [1.165, 1.54) is 21.3 Å². The number of aromatic nitrogens is 2. The molecule has 1 aliphatic rings. The summed E-state index contributed by atoms with van der Waals surface area (Å²) in [6.45, 7) is 0. The summed E-state index contributed by atoms with van der Waals surface area (Å²) in [5.41, 5.74) is 8.65. The monoisotopic (exact) mass is 472 g/mol. The van der Waals surface area contributed by atoms with Gasteiger partial charge in [-0.25, -0.2) is 0 Å². The van der Waals surface area contributed by atoms with Crippen LogP contribution in [0, 0.1) is 11.3 Å². The first-order chi connectivity index (χ1) is 15.4. The van der Waals surface area contributed by atoms with Crippen molar-refractivity contribution in [1.29, 1.82) is 5.26 Å². The van der Waals surface area contributed by atoms with Crippen molar-refractivity contribution in [2.75, 3.05) is 21.3 Å². The van der Waals surface area contributed by atoms with Crippen molar-refractivity contribution >= 4 is 23.2 Å². The highest BCUT2D eigenvalue weighted by atomic mass is 35.5. The van der Waals surface area contributed by atoms with E-state index >= 15 is 0 Å². The first-order valence-corrected chi connectivity index (χ1v) is 10.1. The standard InChI is InChI=1S/C22H18Cl2N4O4/c1-29-14-7-10(8-15(30-2)20(14)31-3)19-17-16(11-5-4-6-13(23)18(11)24)12(9-25)21(26)32-22(17)28-27-19/h4-8,16H,26H2,1-3H3,(H,27,28)/t16-/m1/s1. The molecule has 4 rings (SSSR count). The lowest BCUT2D eigenvalue weighted by Gasteiger charge is -2.25. The van der Waals surface area contributed by atoms with Gasteiger partial charge in [0.1, 0.15) is 11.6 Å². The van der Waals surface area contributed by atoms with E-state index in [0.29, 0.717) is 49.7 Å². The Morgan fingerprint density at radius 3 is 2.41 bits per heavy atom. The van der Waals surface area contributed by atoms with Crippen molar-refractivity contribution in [3.63, 3.8) is 0 Å². The normalized spacial score (nSPS) is 14.9. The van der Waals surface area contributed by atoms with Crippen LogP contribution in [0.4, 0.5) is 0 Å². The van der Waals surface area contributed by atoms with Gasteiger partial charge in [-0.15, -0.1) is 5.10 Å². The number of methoxy groups -OCH3 is 3. The summed E-state index contributed by atoms with van der Waals surface area (Å²) < 4.78 is 22.0. The van der Waals surface area contributed by atoms with E-state index in [2.05, 4.69) is 16.3 Å². The molecular weight excluding hydrogens is 455 g/mol. The van der Waals surface area contributed by atoms with E-state index in [1.807, 2.05) is 0 Å². The number of allylic oxidation sites excluding steroid dienone is 1. The molecule has 0 saturated carbocycles. The minimum Gasteiger partial charge on any atom is -0.493 e. The van der Waals surface area contributed by atoms with Crippen molar-refractivity contribution in [2.24, 2.45) is 5.73 Å². The Bertz CT molecular complexity index is 1250. The summed E-state index contributed by atoms with van der Waals surface area (Å²) in [5.74, 6) is 0.863. The number of nitrogens with zero attached hydrogens (tertiary/aromatic N) is 2. The Labute approximate surface area is 194 Å². The third-order valence-corrected chi connectivity index (χ3v) is 6.02. The maximum atomic E-state index is 9.88. The van der Waals surface area contributed by atoms with Crippen LogP contribution in [-0.2, 0) is 0 Å². The molecule has 8 nitrogen and oxygen atoms in total. The smallest absolute Gasteiger partial charge is 0.244 e. The molecule has 0 saturated heterocycles. The van der Waals surface area contributed by atoms with Gasteiger partial charge in [-0.1, -0.05) is 35.3 Å². The summed E-state index contributed by atoms with van der Waals surface area (Å²) in [7, 11) is 4.58. The zero-order chi connectivity index (χ0) is 23.0. The summed E-state index contributed by atoms with van der Waals surface area (Å²) in [6, 6.07) is 10.9. The van der Waals surface area contributed by atoms with Gasteiger partial charge in [0.2, 0.25) is 17.5 Å². The van der Waals surface area contributed by atoms with E-state index in [0.717, 1.165) is 0 Å². The first-order valence-electron chi connectivity index (χ1n) is 9.35. The fraction of sp³-hybridized carbons (Fsp3) is 0.182. The fourth-order valence-corrected chi connectivity index (χ4v) is 4.16. The van der Waals surface area contributed by atoms with Crippen LogP contribution in [0.5, 0.6) is 23.1 Å². The van der Waals surface area contributed by atoms with Crippen LogP contribution in [0.2, 0.25) is 10.0 Å². The molecule has 2 aromatic carbocycles. The van der Waals surface area contributed by atoms with Crippen LogP contribution in [0.1, 0.15) is 17.0 Å². The molecule has 0 fully saturated rings. The Kier molecular flexibility index (Phi) is 5.78. The maximum absolute atomic E-state index is 9.88. The SMILES string of the molecule is COc1cc(-c2[nH]nc3c2[C@H](c2cccc(Cl)c2Cl)C(C#N)=C(N)O3)cc(OC)c1OC. The highest BCUT2D eigenvalue weighted by Crippen LogP contribution is 2.50. The summed E-state index contributed by atoms with van der Waals surface area (Å²) >= 11 is 12.8. The van der Waals surface area contributed by atoms with E-state index in [-0.39, 0.29) is 17.3 Å². The number of nitriles is 1. The molecule has 0 amide bonds. The number of nitrogens with two attached hydrogens (primary N) is 1. The molecule has 0 unspecified atom stereocenters. The second-order valence-electron chi connectivity index (χ2n) is 6.80. The van der Waals surface area contributed by atoms with E-state index in [4.69, 9.17) is 47.9 Å². The number of hydrogen-bond acceptors (Lipinski definition) is 7. The van der Waals surface area contributed by atoms with Crippen molar-refractivity contribution in [2.45, 2.75) is 5.92 Å². The topological polar surface area (TPSA) is 115 Å². The zero-order valence-electron chi connectivity index (χ0n) is 17.3. The minimum atomic E-state index is -0.664. The summed E-state index contributed by atoms with van der Waals surface area (Å²) in [5, 5.41) is 17.8. The lowest BCUT2D eigenvalue weighted by atomic mass is 9.83. The Balaban J connectivity index is 1.99. The molecule has 0 spiro atoms. The van der Waals surface area contributed by atoms with Gasteiger partial charge in [0.15, 0.2) is 11.5 Å².